The van der Waals surface area contributed by atoms with Crippen molar-refractivity contribution in [1.29, 1.82) is 0 Å². The summed E-state index contributed by atoms with van der Waals surface area (Å²) in [6.45, 7) is 7.47. The summed E-state index contributed by atoms with van der Waals surface area (Å²) in [7, 11) is 0. The maximum absolute atomic E-state index is 5.87. The van der Waals surface area contributed by atoms with E-state index in [4.69, 9.17) is 15.2 Å². The van der Waals surface area contributed by atoms with Crippen LogP contribution >= 0.6 is 0 Å². The SMILES string of the molecule is Cc1cc(N)c(OCC2(C)CO2)cc1C. The molecule has 0 radical (unpaired) electrons. The first kappa shape index (κ1) is 10.3. The standard InChI is InChI=1S/C12H17NO2/c1-8-4-10(13)11(5-9(8)2)14-6-12(3)7-15-12/h4-5H,6-7,13H2,1-3H3. The normalized spacial score (nSPS) is 23.9. The van der Waals surface area contributed by atoms with Crippen LogP contribution in [0.1, 0.15) is 18.1 Å². The number of nitrogen functional groups attached to an aromatic ring is 1. The zero-order valence-electron chi connectivity index (χ0n) is 9.46. The number of epoxide rings is 1. The van der Waals surface area contributed by atoms with E-state index >= 15 is 0 Å². The number of nitrogens with two attached hydrogens (primary N) is 1. The Morgan fingerprint density at radius 3 is 2.60 bits per heavy atom. The van der Waals surface area contributed by atoms with Crippen molar-refractivity contribution in [3.05, 3.63) is 23.3 Å². The Bertz CT molecular complexity index is 383. The number of anilines is 1. The highest BCUT2D eigenvalue weighted by molar-refractivity contribution is 5.56. The van der Waals surface area contributed by atoms with Crippen molar-refractivity contribution >= 4 is 5.69 Å². The Labute approximate surface area is 90.2 Å². The Hall–Kier alpha value is -1.22. The third-order valence-corrected chi connectivity index (χ3v) is 2.80. The highest BCUT2D eigenvalue weighted by Crippen LogP contribution is 2.30. The van der Waals surface area contributed by atoms with Crippen molar-refractivity contribution in [2.45, 2.75) is 26.4 Å². The molecule has 2 rings (SSSR count). The van der Waals surface area contributed by atoms with Crippen LogP contribution in [-0.2, 0) is 4.74 Å². The van der Waals surface area contributed by atoms with Gasteiger partial charge in [0.25, 0.3) is 0 Å². The first-order chi connectivity index (χ1) is 7.00. The molecule has 82 valence electrons. The first-order valence-electron chi connectivity index (χ1n) is 5.14. The molecule has 0 saturated carbocycles. The van der Waals surface area contributed by atoms with Crippen LogP contribution < -0.4 is 10.5 Å². The third kappa shape index (κ3) is 2.23. The van der Waals surface area contributed by atoms with Crippen LogP contribution in [0.15, 0.2) is 12.1 Å². The predicted octanol–water partition coefficient (Wildman–Crippen LogP) is 2.05. The summed E-state index contributed by atoms with van der Waals surface area (Å²) >= 11 is 0. The van der Waals surface area contributed by atoms with Gasteiger partial charge >= 0.3 is 0 Å². The summed E-state index contributed by atoms with van der Waals surface area (Å²) in [6, 6.07) is 3.93. The van der Waals surface area contributed by atoms with Crippen LogP contribution in [0, 0.1) is 13.8 Å². The Morgan fingerprint density at radius 2 is 2.00 bits per heavy atom. The summed E-state index contributed by atoms with van der Waals surface area (Å²) in [5, 5.41) is 0. The molecule has 0 spiro atoms. The summed E-state index contributed by atoms with van der Waals surface area (Å²) in [4.78, 5) is 0. The van der Waals surface area contributed by atoms with Crippen molar-refractivity contribution in [3.63, 3.8) is 0 Å². The molecule has 1 aromatic rings. The lowest BCUT2D eigenvalue weighted by molar-refractivity contribution is 0.203. The number of hydrogen-bond donors (Lipinski definition) is 1. The van der Waals surface area contributed by atoms with E-state index in [-0.39, 0.29) is 5.60 Å². The quantitative estimate of drug-likeness (QED) is 0.609. The lowest BCUT2D eigenvalue weighted by Crippen LogP contribution is -2.17. The maximum Gasteiger partial charge on any atom is 0.142 e. The zero-order chi connectivity index (χ0) is 11.1. The van der Waals surface area contributed by atoms with Gasteiger partial charge in [0.2, 0.25) is 0 Å². The van der Waals surface area contributed by atoms with Crippen LogP contribution in [0.4, 0.5) is 5.69 Å². The Kier molecular flexibility index (Phi) is 2.35. The molecule has 1 saturated heterocycles. The van der Waals surface area contributed by atoms with Crippen molar-refractivity contribution < 1.29 is 9.47 Å². The van der Waals surface area contributed by atoms with E-state index in [0.29, 0.717) is 12.3 Å². The molecular formula is C12H17NO2. The van der Waals surface area contributed by atoms with Gasteiger partial charge in [-0.1, -0.05) is 0 Å². The van der Waals surface area contributed by atoms with E-state index in [0.717, 1.165) is 12.4 Å². The highest BCUT2D eigenvalue weighted by atomic mass is 16.6. The lowest BCUT2D eigenvalue weighted by atomic mass is 10.1. The minimum atomic E-state index is -0.0920. The monoisotopic (exact) mass is 207 g/mol. The second-order valence-corrected chi connectivity index (χ2v) is 4.50. The molecule has 15 heavy (non-hydrogen) atoms. The average molecular weight is 207 g/mol. The fourth-order valence-electron chi connectivity index (χ4n) is 1.37. The third-order valence-electron chi connectivity index (χ3n) is 2.80. The summed E-state index contributed by atoms with van der Waals surface area (Å²) in [5.41, 5.74) is 8.86. The molecule has 1 fully saturated rings. The van der Waals surface area contributed by atoms with Crippen molar-refractivity contribution in [1.82, 2.24) is 0 Å². The van der Waals surface area contributed by atoms with Gasteiger partial charge in [-0.2, -0.15) is 0 Å². The average Bonchev–Trinajstić information content (AvgIpc) is 2.89. The lowest BCUT2D eigenvalue weighted by Gasteiger charge is -2.12. The van der Waals surface area contributed by atoms with Crippen LogP contribution in [0.5, 0.6) is 5.75 Å². The van der Waals surface area contributed by atoms with Gasteiger partial charge in [-0.25, -0.2) is 0 Å². The first-order valence-corrected chi connectivity index (χ1v) is 5.14. The Balaban J connectivity index is 2.10. The van der Waals surface area contributed by atoms with Crippen LogP contribution in [0.2, 0.25) is 0 Å². The smallest absolute Gasteiger partial charge is 0.142 e. The van der Waals surface area contributed by atoms with E-state index in [2.05, 4.69) is 6.92 Å². The van der Waals surface area contributed by atoms with Crippen LogP contribution in [0.25, 0.3) is 0 Å². The van der Waals surface area contributed by atoms with Gasteiger partial charge in [-0.3, -0.25) is 0 Å². The van der Waals surface area contributed by atoms with E-state index in [1.54, 1.807) is 0 Å². The van der Waals surface area contributed by atoms with Crippen molar-refractivity contribution in [2.75, 3.05) is 18.9 Å². The van der Waals surface area contributed by atoms with Crippen LogP contribution in [0.3, 0.4) is 0 Å². The molecule has 2 N–H and O–H groups in total. The molecule has 0 aromatic heterocycles. The molecular weight excluding hydrogens is 190 g/mol. The van der Waals surface area contributed by atoms with Gasteiger partial charge in [0.05, 0.1) is 12.3 Å². The summed E-state index contributed by atoms with van der Waals surface area (Å²) < 4.78 is 10.9. The van der Waals surface area contributed by atoms with Crippen molar-refractivity contribution in [2.24, 2.45) is 0 Å². The van der Waals surface area contributed by atoms with E-state index < -0.39 is 0 Å². The molecule has 3 nitrogen and oxygen atoms in total. The fraction of sp³-hybridized carbons (Fsp3) is 0.500. The molecule has 1 aromatic carbocycles. The number of rotatable bonds is 3. The van der Waals surface area contributed by atoms with E-state index in [1.807, 2.05) is 26.0 Å². The zero-order valence-corrected chi connectivity index (χ0v) is 9.46. The van der Waals surface area contributed by atoms with Gasteiger partial charge in [-0.15, -0.1) is 0 Å². The molecule has 0 amide bonds. The minimum Gasteiger partial charge on any atom is -0.488 e. The van der Waals surface area contributed by atoms with E-state index in [1.165, 1.54) is 11.1 Å². The summed E-state index contributed by atoms with van der Waals surface area (Å²) in [5.74, 6) is 0.759. The number of aryl methyl sites for hydroxylation is 2. The minimum absolute atomic E-state index is 0.0920. The molecule has 0 bridgehead atoms. The molecule has 1 atom stereocenters. The Morgan fingerprint density at radius 1 is 1.40 bits per heavy atom. The molecule has 1 heterocycles. The predicted molar refractivity (Wildman–Crippen MR) is 60.2 cm³/mol. The van der Waals surface area contributed by atoms with Crippen LogP contribution in [-0.4, -0.2) is 18.8 Å². The van der Waals surface area contributed by atoms with Gasteiger partial charge in [0, 0.05) is 0 Å². The second kappa shape index (κ2) is 3.42. The second-order valence-electron chi connectivity index (χ2n) is 4.50. The molecule has 0 aliphatic carbocycles. The number of hydrogen-bond acceptors (Lipinski definition) is 3. The number of ether oxygens (including phenoxy) is 2. The summed E-state index contributed by atoms with van der Waals surface area (Å²) in [6.07, 6.45) is 0. The van der Waals surface area contributed by atoms with Gasteiger partial charge in [0.1, 0.15) is 18.0 Å². The highest BCUT2D eigenvalue weighted by Gasteiger charge is 2.40. The maximum atomic E-state index is 5.87. The number of benzene rings is 1. The van der Waals surface area contributed by atoms with Crippen molar-refractivity contribution in [3.8, 4) is 5.75 Å². The fourth-order valence-corrected chi connectivity index (χ4v) is 1.37. The molecule has 1 aliphatic heterocycles. The molecule has 3 heteroatoms. The topological polar surface area (TPSA) is 47.8 Å². The molecule has 1 unspecified atom stereocenters. The van der Waals surface area contributed by atoms with Gasteiger partial charge < -0.3 is 15.2 Å². The van der Waals surface area contributed by atoms with Gasteiger partial charge in [0.15, 0.2) is 0 Å². The van der Waals surface area contributed by atoms with Gasteiger partial charge in [-0.05, 0) is 44.0 Å². The molecule has 1 aliphatic rings. The van der Waals surface area contributed by atoms with E-state index in [9.17, 15) is 0 Å². The largest absolute Gasteiger partial charge is 0.488 e.